The first-order chi connectivity index (χ1) is 12.6. The lowest BCUT2D eigenvalue weighted by molar-refractivity contribution is -0.130. The van der Waals surface area contributed by atoms with Gasteiger partial charge in [-0.05, 0) is 47.9 Å². The van der Waals surface area contributed by atoms with Gasteiger partial charge in [0.2, 0.25) is 5.91 Å². The Hall–Kier alpha value is -2.59. The normalized spacial score (nSPS) is 14.5. The van der Waals surface area contributed by atoms with Crippen LogP contribution in [-0.4, -0.2) is 28.9 Å². The highest BCUT2D eigenvalue weighted by atomic mass is 35.5. The van der Waals surface area contributed by atoms with E-state index in [4.69, 9.17) is 11.6 Å². The molecular formula is C21H18ClFN2O. The van der Waals surface area contributed by atoms with Gasteiger partial charge in [-0.2, -0.15) is 0 Å². The Labute approximate surface area is 156 Å². The molecule has 0 atom stereocenters. The van der Waals surface area contributed by atoms with E-state index in [2.05, 4.69) is 11.1 Å². The van der Waals surface area contributed by atoms with Crippen molar-refractivity contribution in [3.63, 3.8) is 0 Å². The van der Waals surface area contributed by atoms with Crippen LogP contribution in [0, 0.1) is 5.82 Å². The van der Waals surface area contributed by atoms with Crippen molar-refractivity contribution in [1.82, 2.24) is 9.88 Å². The van der Waals surface area contributed by atoms with Crippen LogP contribution in [0.15, 0.2) is 54.7 Å². The standard InChI is InChI=1S/C21H18ClFN2O/c22-16-3-6-20-18(12-16)19(13-24-20)15-7-9-25(10-8-15)21(26)11-14-1-4-17(23)5-2-14/h1-7,12-13,24H,8-11H2. The number of aromatic amines is 1. The van der Waals surface area contributed by atoms with Crippen LogP contribution >= 0.6 is 11.6 Å². The van der Waals surface area contributed by atoms with Gasteiger partial charge in [0, 0.05) is 40.8 Å². The van der Waals surface area contributed by atoms with Crippen LogP contribution in [0.3, 0.4) is 0 Å². The fourth-order valence-electron chi connectivity index (χ4n) is 3.39. The Bertz CT molecular complexity index is 991. The fourth-order valence-corrected chi connectivity index (χ4v) is 3.56. The molecule has 26 heavy (non-hydrogen) atoms. The molecule has 0 saturated heterocycles. The summed E-state index contributed by atoms with van der Waals surface area (Å²) in [5, 5.41) is 1.82. The molecule has 0 spiro atoms. The van der Waals surface area contributed by atoms with Gasteiger partial charge in [0.1, 0.15) is 5.82 Å². The second-order valence-electron chi connectivity index (χ2n) is 6.51. The minimum Gasteiger partial charge on any atom is -0.361 e. The van der Waals surface area contributed by atoms with Crippen LogP contribution in [0.2, 0.25) is 5.02 Å². The van der Waals surface area contributed by atoms with Crippen molar-refractivity contribution in [3.8, 4) is 0 Å². The molecule has 0 radical (unpaired) electrons. The topological polar surface area (TPSA) is 36.1 Å². The van der Waals surface area contributed by atoms with E-state index in [1.165, 1.54) is 17.7 Å². The van der Waals surface area contributed by atoms with Crippen LogP contribution in [0.4, 0.5) is 4.39 Å². The van der Waals surface area contributed by atoms with E-state index < -0.39 is 0 Å². The van der Waals surface area contributed by atoms with Crippen molar-refractivity contribution in [2.24, 2.45) is 0 Å². The van der Waals surface area contributed by atoms with Gasteiger partial charge in [-0.3, -0.25) is 4.79 Å². The molecule has 4 rings (SSSR count). The first-order valence-electron chi connectivity index (χ1n) is 8.58. The largest absolute Gasteiger partial charge is 0.361 e. The van der Waals surface area contributed by atoms with Gasteiger partial charge >= 0.3 is 0 Å². The zero-order chi connectivity index (χ0) is 18.1. The second-order valence-corrected chi connectivity index (χ2v) is 6.95. The third kappa shape index (κ3) is 3.37. The third-order valence-electron chi connectivity index (χ3n) is 4.82. The van der Waals surface area contributed by atoms with Crippen LogP contribution in [-0.2, 0) is 11.2 Å². The van der Waals surface area contributed by atoms with Crippen molar-refractivity contribution >= 4 is 34.0 Å². The number of nitrogens with zero attached hydrogens (tertiary/aromatic N) is 1. The number of nitrogens with one attached hydrogen (secondary N) is 1. The molecule has 1 amide bonds. The number of rotatable bonds is 3. The van der Waals surface area contributed by atoms with Gasteiger partial charge < -0.3 is 9.88 Å². The van der Waals surface area contributed by atoms with E-state index in [1.54, 1.807) is 12.1 Å². The highest BCUT2D eigenvalue weighted by molar-refractivity contribution is 6.31. The van der Waals surface area contributed by atoms with E-state index in [-0.39, 0.29) is 11.7 Å². The molecule has 5 heteroatoms. The van der Waals surface area contributed by atoms with Crippen molar-refractivity contribution < 1.29 is 9.18 Å². The number of aromatic nitrogens is 1. The van der Waals surface area contributed by atoms with E-state index in [1.807, 2.05) is 29.3 Å². The number of hydrogen-bond donors (Lipinski definition) is 1. The van der Waals surface area contributed by atoms with E-state index >= 15 is 0 Å². The molecule has 132 valence electrons. The minimum atomic E-state index is -0.287. The zero-order valence-corrected chi connectivity index (χ0v) is 14.9. The fraction of sp³-hybridized carbons (Fsp3) is 0.190. The third-order valence-corrected chi connectivity index (χ3v) is 5.06. The summed E-state index contributed by atoms with van der Waals surface area (Å²) in [6.45, 7) is 1.27. The van der Waals surface area contributed by atoms with Gasteiger partial charge in [-0.1, -0.05) is 29.8 Å². The minimum absolute atomic E-state index is 0.0638. The van der Waals surface area contributed by atoms with E-state index in [0.29, 0.717) is 24.5 Å². The Balaban J connectivity index is 1.48. The predicted molar refractivity (Wildman–Crippen MR) is 103 cm³/mol. The molecule has 0 aliphatic carbocycles. The van der Waals surface area contributed by atoms with E-state index in [0.717, 1.165) is 28.5 Å². The summed E-state index contributed by atoms with van der Waals surface area (Å²) in [4.78, 5) is 17.6. The Morgan fingerprint density at radius 1 is 1.19 bits per heavy atom. The molecular weight excluding hydrogens is 351 g/mol. The average molecular weight is 369 g/mol. The molecule has 0 fully saturated rings. The van der Waals surface area contributed by atoms with Crippen LogP contribution in [0.1, 0.15) is 17.5 Å². The first-order valence-corrected chi connectivity index (χ1v) is 8.96. The summed E-state index contributed by atoms with van der Waals surface area (Å²) in [5.74, 6) is -0.223. The monoisotopic (exact) mass is 368 g/mol. The van der Waals surface area contributed by atoms with Crippen LogP contribution < -0.4 is 0 Å². The predicted octanol–water partition coefficient (Wildman–Crippen LogP) is 4.82. The summed E-state index contributed by atoms with van der Waals surface area (Å²) >= 11 is 6.13. The SMILES string of the molecule is O=C(Cc1ccc(F)cc1)N1CC=C(c2c[nH]c3ccc(Cl)cc23)CC1. The molecule has 0 bridgehead atoms. The number of amides is 1. The van der Waals surface area contributed by atoms with Crippen LogP contribution in [0.25, 0.3) is 16.5 Å². The summed E-state index contributed by atoms with van der Waals surface area (Å²) in [6.07, 6.45) is 5.21. The summed E-state index contributed by atoms with van der Waals surface area (Å²) in [5.41, 5.74) is 4.26. The summed E-state index contributed by atoms with van der Waals surface area (Å²) < 4.78 is 13.0. The Kier molecular flexibility index (Phi) is 4.51. The molecule has 0 saturated carbocycles. The molecule has 3 aromatic rings. The van der Waals surface area contributed by atoms with Gasteiger partial charge in [0.15, 0.2) is 0 Å². The summed E-state index contributed by atoms with van der Waals surface area (Å²) in [6, 6.07) is 11.9. The lowest BCUT2D eigenvalue weighted by Crippen LogP contribution is -2.35. The number of fused-ring (bicyclic) bond motifs is 1. The van der Waals surface area contributed by atoms with Crippen molar-refractivity contribution in [2.75, 3.05) is 13.1 Å². The molecule has 1 N–H and O–H groups in total. The first kappa shape index (κ1) is 16.9. The maximum absolute atomic E-state index is 13.0. The quantitative estimate of drug-likeness (QED) is 0.707. The number of carbonyl (C=O) groups is 1. The highest BCUT2D eigenvalue weighted by Crippen LogP contribution is 2.31. The number of carbonyl (C=O) groups excluding carboxylic acids is 1. The molecule has 1 aliphatic rings. The van der Waals surface area contributed by atoms with Crippen LogP contribution in [0.5, 0.6) is 0 Å². The zero-order valence-electron chi connectivity index (χ0n) is 14.1. The second kappa shape index (κ2) is 6.96. The van der Waals surface area contributed by atoms with Crippen molar-refractivity contribution in [3.05, 3.63) is 76.7 Å². The van der Waals surface area contributed by atoms with E-state index in [9.17, 15) is 9.18 Å². The van der Waals surface area contributed by atoms with Gasteiger partial charge in [-0.15, -0.1) is 0 Å². The highest BCUT2D eigenvalue weighted by Gasteiger charge is 2.19. The number of benzene rings is 2. The lowest BCUT2D eigenvalue weighted by Gasteiger charge is -2.26. The smallest absolute Gasteiger partial charge is 0.227 e. The average Bonchev–Trinajstić information content (AvgIpc) is 3.06. The van der Waals surface area contributed by atoms with Gasteiger partial charge in [-0.25, -0.2) is 4.39 Å². The maximum Gasteiger partial charge on any atom is 0.227 e. The molecule has 2 heterocycles. The molecule has 1 aliphatic heterocycles. The molecule has 0 unspecified atom stereocenters. The molecule has 1 aromatic heterocycles. The molecule has 3 nitrogen and oxygen atoms in total. The summed E-state index contributed by atoms with van der Waals surface area (Å²) in [7, 11) is 0. The van der Waals surface area contributed by atoms with Crippen molar-refractivity contribution in [1.29, 1.82) is 0 Å². The van der Waals surface area contributed by atoms with Gasteiger partial charge in [0.25, 0.3) is 0 Å². The Morgan fingerprint density at radius 2 is 2.00 bits per heavy atom. The number of H-pyrrole nitrogens is 1. The molecule has 2 aromatic carbocycles. The Morgan fingerprint density at radius 3 is 2.73 bits per heavy atom. The van der Waals surface area contributed by atoms with Crippen molar-refractivity contribution in [2.45, 2.75) is 12.8 Å². The lowest BCUT2D eigenvalue weighted by atomic mass is 9.98. The maximum atomic E-state index is 13.0. The van der Waals surface area contributed by atoms with Gasteiger partial charge in [0.05, 0.1) is 6.42 Å². The number of hydrogen-bond acceptors (Lipinski definition) is 1. The number of halogens is 2.